The molecule has 674 valence electrons. The summed E-state index contributed by atoms with van der Waals surface area (Å²) in [5, 5.41) is 14.3. The summed E-state index contributed by atoms with van der Waals surface area (Å²) in [5.41, 5.74) is 0.585. The second kappa shape index (κ2) is 37.4. The van der Waals surface area contributed by atoms with Crippen molar-refractivity contribution in [3.8, 4) is 0 Å². The number of aliphatic hydroxyl groups excluding tert-OH is 1. The Labute approximate surface area is 724 Å². The van der Waals surface area contributed by atoms with Gasteiger partial charge < -0.3 is 63.6 Å². The van der Waals surface area contributed by atoms with Crippen molar-refractivity contribution in [3.05, 3.63) is 72.8 Å². The molecule has 14 atom stereocenters. The maximum absolute atomic E-state index is 14.6. The normalized spacial score (nSPS) is 23.6. The molecule has 0 amide bonds. The molecule has 2 fully saturated rings. The van der Waals surface area contributed by atoms with Crippen LogP contribution < -0.4 is 10.4 Å². The minimum atomic E-state index is -3.08. The van der Waals surface area contributed by atoms with Gasteiger partial charge in [-0.05, 0) is 203 Å². The third-order valence-electron chi connectivity index (χ3n) is 30.5. The van der Waals surface area contributed by atoms with E-state index in [2.05, 4.69) is 386 Å². The summed E-state index contributed by atoms with van der Waals surface area (Å²) < 4.78 is 96.2. The van der Waals surface area contributed by atoms with Crippen LogP contribution in [0.3, 0.4) is 0 Å². The second-order valence-corrected chi connectivity index (χ2v) is 96.9. The van der Waals surface area contributed by atoms with E-state index in [1.807, 2.05) is 0 Å². The van der Waals surface area contributed by atoms with Gasteiger partial charge in [-0.15, -0.1) is 0 Å². The highest BCUT2D eigenvalue weighted by atomic mass is 28.4. The van der Waals surface area contributed by atoms with Gasteiger partial charge in [-0.25, -0.2) is 0 Å². The Hall–Kier alpha value is -0.501. The lowest BCUT2D eigenvalue weighted by molar-refractivity contribution is -0.232. The monoisotopic (exact) mass is 1790 g/mol. The summed E-state index contributed by atoms with van der Waals surface area (Å²) in [6.45, 7) is 116. The van der Waals surface area contributed by atoms with Crippen molar-refractivity contribution in [2.24, 2.45) is 0 Å². The zero-order valence-corrected chi connectivity index (χ0v) is 93.9. The lowest BCUT2D eigenvalue weighted by atomic mass is 9.86. The van der Waals surface area contributed by atoms with E-state index in [1.54, 1.807) is 0 Å². The Morgan fingerprint density at radius 2 is 0.733 bits per heavy atom. The van der Waals surface area contributed by atoms with Gasteiger partial charge in [0, 0.05) is 13.0 Å². The molecular weight excluding hydrogens is 1610 g/mol. The summed E-state index contributed by atoms with van der Waals surface area (Å²) in [4.78, 5) is 14.6. The predicted molar refractivity (Wildman–Crippen MR) is 519 cm³/mol. The molecule has 0 saturated carbocycles. The maximum atomic E-state index is 14.6. The molecule has 116 heavy (non-hydrogen) atoms. The van der Waals surface area contributed by atoms with Crippen LogP contribution in [0.2, 0.25) is 168 Å². The van der Waals surface area contributed by atoms with Gasteiger partial charge in [0.1, 0.15) is 55.1 Å². The topological polar surface area (TPSA) is 148 Å². The smallest absolute Gasteiger partial charge is 0.261 e. The Bertz CT molecular complexity index is 3400. The van der Waals surface area contributed by atoms with E-state index in [1.165, 1.54) is 10.4 Å². The Morgan fingerprint density at radius 3 is 1.09 bits per heavy atom. The van der Waals surface area contributed by atoms with Gasteiger partial charge in [-0.3, -0.25) is 0 Å². The fraction of sp³-hybridized carbons (Fsp3) is 0.837. The van der Waals surface area contributed by atoms with Gasteiger partial charge in [-0.1, -0.05) is 275 Å². The zero-order chi connectivity index (χ0) is 90.6. The lowest BCUT2D eigenvalue weighted by Gasteiger charge is -2.56. The number of hydrogen-bond donors (Lipinski definition) is 1. The first-order valence-electron chi connectivity index (χ1n) is 44.3. The van der Waals surface area contributed by atoms with E-state index in [9.17, 15) is 9.90 Å². The molecule has 24 heteroatoms. The molecule has 1 N–H and O–H groups in total. The number of carbonyl (C=O) groups is 1. The van der Waals surface area contributed by atoms with Crippen molar-refractivity contribution in [3.63, 3.8) is 0 Å². The fourth-order valence-corrected chi connectivity index (χ4v) is 29.5. The van der Waals surface area contributed by atoms with E-state index in [0.717, 1.165) is 6.29 Å². The quantitative estimate of drug-likeness (QED) is 0.0402. The number of aldehydes is 1. The molecule has 2 saturated heterocycles. The highest BCUT2D eigenvalue weighted by molar-refractivity contribution is 6.99. The van der Waals surface area contributed by atoms with E-state index in [-0.39, 0.29) is 50.4 Å². The van der Waals surface area contributed by atoms with Crippen molar-refractivity contribution in [1.82, 2.24) is 0 Å². The summed E-state index contributed by atoms with van der Waals surface area (Å²) in [7, 11) is -27.9. The van der Waals surface area contributed by atoms with E-state index in [4.69, 9.17) is 60.3 Å². The molecule has 2 aliphatic heterocycles. The van der Waals surface area contributed by atoms with Gasteiger partial charge in [0.15, 0.2) is 74.9 Å². The van der Waals surface area contributed by atoms with E-state index >= 15 is 0 Å². The molecule has 0 aromatic heterocycles. The molecule has 14 nitrogen and oxygen atoms in total. The Balaban J connectivity index is 2.27. The van der Waals surface area contributed by atoms with Gasteiger partial charge in [0.05, 0.1) is 36.6 Å². The minimum absolute atomic E-state index is 0.182. The van der Waals surface area contributed by atoms with Crippen molar-refractivity contribution < 1.29 is 63.6 Å². The molecule has 2 aromatic carbocycles. The molecule has 0 aliphatic carbocycles. The first kappa shape index (κ1) is 108. The van der Waals surface area contributed by atoms with Gasteiger partial charge in [0.25, 0.3) is 8.32 Å². The van der Waals surface area contributed by atoms with Crippen molar-refractivity contribution in [2.75, 3.05) is 6.61 Å². The van der Waals surface area contributed by atoms with E-state index in [0.29, 0.717) is 37.9 Å². The number of ether oxygens (including phenoxy) is 2. The summed E-state index contributed by atoms with van der Waals surface area (Å²) in [5.74, 6) is 0. The molecule has 0 unspecified atom stereocenters. The van der Waals surface area contributed by atoms with Crippen LogP contribution in [0, 0.1) is 0 Å². The third kappa shape index (κ3) is 25.7. The lowest BCUT2D eigenvalue weighted by Crippen LogP contribution is -2.70. The second-order valence-electron chi connectivity index (χ2n) is 49.8. The van der Waals surface area contributed by atoms with Gasteiger partial charge in [-0.2, -0.15) is 0 Å². The number of benzene rings is 2. The standard InChI is InChI=1S/C92H182O14Si10/c1-66(74(94)75(101-110(38,39)86(11,12)13)71-64-72(99-108(34,35)84(5,6)7)78(103-112(42,43)88(17,18)19)80(97-71)79(104-113(44,45)89(20,21)22)73(65-93)100-109(36,37)85(8,9)10)60-61-70(98-107(32,33)83(2,3)4)76-81(105-114(46,47)90(23,24)25)82(106-115(48,49)91(26,27)28)77(102-111(40,41)87(14,15)16)69(96-76)62-63-95-116(92(29,30)31,67-56-52-50-53-57-67)68-58-54-51-55-59-68/h50-59,65,69-82,94H,1,60-64H2,2-49H3/t69-,70+,71+,72+,73-,74+,75-,76-,77-,78+,79-,80+,81-,82-/m1/s1. The van der Waals surface area contributed by atoms with Crippen LogP contribution in [-0.4, -0.2) is 187 Å². The highest BCUT2D eigenvalue weighted by Crippen LogP contribution is 2.53. The SMILES string of the molecule is C=C(CC[C@H](O[Si](C)(C)C(C)(C)C)[C@H]1O[C@H](CCO[Si](c2ccccc2)(c2ccccc2)C(C)(C)C)[C@@H](O[Si](C)(C)C(C)(C)C)[C@@H](O[Si](C)(C)C(C)(C)C)[C@@H]1O[Si](C)(C)C(C)(C)C)[C@H](O)[C@H](O[Si](C)(C)C(C)(C)C)[C@@H]1C[C@H](O[Si](C)(C)C(C)(C)C)[C@H](O[Si](C)(C)C(C)(C)C)[C@@H]([C@H](O[Si](C)(C)C(C)(C)C)[C@@H](C=O)O[Si](C)(C)C(C)(C)C)O1. The van der Waals surface area contributed by atoms with Crippen LogP contribution in [-0.2, 0) is 58.5 Å². The summed E-state index contributed by atoms with van der Waals surface area (Å²) >= 11 is 0. The van der Waals surface area contributed by atoms with Gasteiger partial charge in [0.2, 0.25) is 0 Å². The van der Waals surface area contributed by atoms with Crippen LogP contribution in [0.5, 0.6) is 0 Å². The molecule has 0 bridgehead atoms. The highest BCUT2D eigenvalue weighted by Gasteiger charge is 2.62. The molecule has 0 spiro atoms. The molecule has 0 radical (unpaired) electrons. The molecule has 2 aromatic rings. The summed E-state index contributed by atoms with van der Waals surface area (Å²) in [6, 6.07) is 21.9. The van der Waals surface area contributed by atoms with Crippen LogP contribution in [0.15, 0.2) is 72.8 Å². The molecule has 4 rings (SSSR count). The average Bonchev–Trinajstić information content (AvgIpc) is 0.752. The number of rotatable bonds is 34. The first-order chi connectivity index (χ1) is 51.4. The number of hydrogen-bond acceptors (Lipinski definition) is 14. The maximum Gasteiger partial charge on any atom is 0.261 e. The fourth-order valence-electron chi connectivity index (χ4n) is 13.2. The van der Waals surface area contributed by atoms with Crippen LogP contribution >= 0.6 is 0 Å². The third-order valence-corrected chi connectivity index (χ3v) is 75.8. The number of aliphatic hydroxyl groups is 1. The van der Waals surface area contributed by atoms with Gasteiger partial charge >= 0.3 is 0 Å². The summed E-state index contributed by atoms with van der Waals surface area (Å²) in [6.07, 6.45) is -8.54. The molecule has 2 aliphatic rings. The first-order valence-corrected chi connectivity index (χ1v) is 72.4. The largest absolute Gasteiger partial charge is 0.411 e. The minimum Gasteiger partial charge on any atom is -0.411 e. The van der Waals surface area contributed by atoms with Crippen LogP contribution in [0.25, 0.3) is 0 Å². The Kier molecular flexibility index (Phi) is 34.8. The van der Waals surface area contributed by atoms with E-state index < -0.39 is 169 Å². The van der Waals surface area contributed by atoms with Crippen molar-refractivity contribution in [1.29, 1.82) is 0 Å². The molecule has 2 heterocycles. The van der Waals surface area contributed by atoms with Crippen molar-refractivity contribution >= 4 is 99.8 Å². The zero-order valence-electron chi connectivity index (χ0n) is 83.9. The van der Waals surface area contributed by atoms with Crippen LogP contribution in [0.1, 0.15) is 233 Å². The van der Waals surface area contributed by atoms with Crippen LogP contribution in [0.4, 0.5) is 0 Å². The molecular formula is C92H182O14Si10. The number of carbonyl (C=O) groups excluding carboxylic acids is 1. The average molecular weight is 1790 g/mol. The van der Waals surface area contributed by atoms with Crippen molar-refractivity contribution in [2.45, 2.75) is 487 Å². The predicted octanol–water partition coefficient (Wildman–Crippen LogP) is 25.3. The Morgan fingerprint density at radius 1 is 0.405 bits per heavy atom.